The molecular weight excluding hydrogens is 146 g/mol. The summed E-state index contributed by atoms with van der Waals surface area (Å²) in [7, 11) is 0. The molecule has 2 aliphatic heterocycles. The van der Waals surface area contributed by atoms with Crippen LogP contribution in [0.2, 0.25) is 0 Å². The SMILES string of the molecule is O=C(O)[C@@H]1CC[C@H]2CC(=O)N21. The van der Waals surface area contributed by atoms with Crippen LogP contribution in [0.3, 0.4) is 0 Å². The third-order valence-corrected chi connectivity index (χ3v) is 2.49. The van der Waals surface area contributed by atoms with Gasteiger partial charge in [0.2, 0.25) is 5.91 Å². The number of carboxylic acid groups (broad SMARTS) is 1. The first-order chi connectivity index (χ1) is 5.20. The normalized spacial score (nSPS) is 34.9. The average Bonchev–Trinajstić information content (AvgIpc) is 2.25. The van der Waals surface area contributed by atoms with E-state index in [1.165, 1.54) is 4.90 Å². The van der Waals surface area contributed by atoms with Gasteiger partial charge >= 0.3 is 5.97 Å². The van der Waals surface area contributed by atoms with Crippen molar-refractivity contribution in [2.75, 3.05) is 0 Å². The molecule has 2 saturated heterocycles. The minimum absolute atomic E-state index is 0.0000926. The number of β-lactam (4-membered cyclic amide) rings is 1. The van der Waals surface area contributed by atoms with Crippen molar-refractivity contribution in [1.29, 1.82) is 0 Å². The van der Waals surface area contributed by atoms with Gasteiger partial charge in [-0.05, 0) is 12.8 Å². The van der Waals surface area contributed by atoms with Crippen molar-refractivity contribution in [3.63, 3.8) is 0 Å². The van der Waals surface area contributed by atoms with E-state index in [-0.39, 0.29) is 11.9 Å². The molecule has 0 aromatic rings. The Balaban J connectivity index is 2.14. The van der Waals surface area contributed by atoms with Crippen LogP contribution in [0, 0.1) is 0 Å². The fourth-order valence-electron chi connectivity index (χ4n) is 1.90. The quantitative estimate of drug-likeness (QED) is 0.535. The Morgan fingerprint density at radius 2 is 2.27 bits per heavy atom. The first kappa shape index (κ1) is 6.64. The Labute approximate surface area is 63.8 Å². The lowest BCUT2D eigenvalue weighted by Gasteiger charge is -2.36. The molecule has 2 rings (SSSR count). The van der Waals surface area contributed by atoms with E-state index in [0.717, 1.165) is 6.42 Å². The fourth-order valence-corrected chi connectivity index (χ4v) is 1.90. The number of rotatable bonds is 1. The first-order valence-electron chi connectivity index (χ1n) is 3.74. The summed E-state index contributed by atoms with van der Waals surface area (Å²) in [6.07, 6.45) is 2.05. The van der Waals surface area contributed by atoms with E-state index in [1.807, 2.05) is 0 Å². The Bertz CT molecular complexity index is 218. The van der Waals surface area contributed by atoms with Gasteiger partial charge in [0.1, 0.15) is 6.04 Å². The highest BCUT2D eigenvalue weighted by Gasteiger charge is 2.48. The molecule has 2 aliphatic rings. The predicted octanol–water partition coefficient (Wildman–Crippen LogP) is -0.166. The van der Waals surface area contributed by atoms with Crippen molar-refractivity contribution in [2.45, 2.75) is 31.3 Å². The third kappa shape index (κ3) is 0.751. The van der Waals surface area contributed by atoms with Gasteiger partial charge in [-0.2, -0.15) is 0 Å². The molecule has 4 heteroatoms. The van der Waals surface area contributed by atoms with Crippen LogP contribution < -0.4 is 0 Å². The molecule has 2 atom stereocenters. The Morgan fingerprint density at radius 1 is 1.55 bits per heavy atom. The molecular formula is C7H9NO3. The van der Waals surface area contributed by atoms with Crippen molar-refractivity contribution >= 4 is 11.9 Å². The summed E-state index contributed by atoms with van der Waals surface area (Å²) in [4.78, 5) is 22.9. The van der Waals surface area contributed by atoms with Gasteiger partial charge < -0.3 is 10.0 Å². The summed E-state index contributed by atoms with van der Waals surface area (Å²) in [6, 6.07) is -0.287. The van der Waals surface area contributed by atoms with Crippen LogP contribution >= 0.6 is 0 Å². The van der Waals surface area contributed by atoms with Gasteiger partial charge in [-0.15, -0.1) is 0 Å². The van der Waals surface area contributed by atoms with Crippen LogP contribution in [-0.4, -0.2) is 34.0 Å². The van der Waals surface area contributed by atoms with Crippen LogP contribution in [0.5, 0.6) is 0 Å². The molecule has 11 heavy (non-hydrogen) atoms. The number of hydrogen-bond donors (Lipinski definition) is 1. The van der Waals surface area contributed by atoms with Gasteiger partial charge in [0.05, 0.1) is 0 Å². The van der Waals surface area contributed by atoms with Crippen LogP contribution in [0.15, 0.2) is 0 Å². The standard InChI is InChI=1S/C7H9NO3/c9-6-3-4-1-2-5(7(10)11)8(4)6/h4-5H,1-3H2,(H,10,11)/t4-,5-/m0/s1. The van der Waals surface area contributed by atoms with Gasteiger partial charge in [0.25, 0.3) is 0 Å². The Kier molecular flexibility index (Phi) is 1.19. The van der Waals surface area contributed by atoms with Crippen molar-refractivity contribution in [3.8, 4) is 0 Å². The molecule has 60 valence electrons. The summed E-state index contributed by atoms with van der Waals surface area (Å²) in [5, 5.41) is 8.66. The zero-order chi connectivity index (χ0) is 8.01. The Hall–Kier alpha value is -1.06. The second-order valence-electron chi connectivity index (χ2n) is 3.09. The minimum atomic E-state index is -0.861. The van der Waals surface area contributed by atoms with Gasteiger partial charge in [-0.1, -0.05) is 0 Å². The second-order valence-corrected chi connectivity index (χ2v) is 3.09. The lowest BCUT2D eigenvalue weighted by molar-refractivity contribution is -0.156. The maximum atomic E-state index is 10.9. The molecule has 0 aromatic heterocycles. The van der Waals surface area contributed by atoms with E-state index < -0.39 is 12.0 Å². The molecule has 2 heterocycles. The predicted molar refractivity (Wildman–Crippen MR) is 35.9 cm³/mol. The number of aliphatic carboxylic acids is 1. The van der Waals surface area contributed by atoms with E-state index in [4.69, 9.17) is 5.11 Å². The van der Waals surface area contributed by atoms with Crippen LogP contribution in [0.25, 0.3) is 0 Å². The highest BCUT2D eigenvalue weighted by molar-refractivity contribution is 5.89. The average molecular weight is 155 g/mol. The summed E-state index contributed by atoms with van der Waals surface area (Å²) >= 11 is 0. The second kappa shape index (κ2) is 1.96. The summed E-state index contributed by atoms with van der Waals surface area (Å²) in [6.45, 7) is 0. The number of hydrogen-bond acceptors (Lipinski definition) is 2. The van der Waals surface area contributed by atoms with Crippen LogP contribution in [0.4, 0.5) is 0 Å². The van der Waals surface area contributed by atoms with Crippen molar-refractivity contribution < 1.29 is 14.7 Å². The number of fused-ring (bicyclic) bond motifs is 1. The van der Waals surface area contributed by atoms with Crippen molar-refractivity contribution in [1.82, 2.24) is 4.90 Å². The maximum Gasteiger partial charge on any atom is 0.326 e. The molecule has 1 N–H and O–H groups in total. The van der Waals surface area contributed by atoms with E-state index >= 15 is 0 Å². The van der Waals surface area contributed by atoms with Gasteiger partial charge in [-0.3, -0.25) is 4.79 Å². The number of amides is 1. The first-order valence-corrected chi connectivity index (χ1v) is 3.74. The maximum absolute atomic E-state index is 10.9. The number of carbonyl (C=O) groups excluding carboxylic acids is 1. The van der Waals surface area contributed by atoms with E-state index in [9.17, 15) is 9.59 Å². The van der Waals surface area contributed by atoms with Crippen molar-refractivity contribution in [3.05, 3.63) is 0 Å². The largest absolute Gasteiger partial charge is 0.480 e. The molecule has 1 amide bonds. The van der Waals surface area contributed by atoms with Crippen molar-refractivity contribution in [2.24, 2.45) is 0 Å². The number of nitrogens with zero attached hydrogens (tertiary/aromatic N) is 1. The van der Waals surface area contributed by atoms with E-state index in [2.05, 4.69) is 0 Å². The summed E-state index contributed by atoms with van der Waals surface area (Å²) in [5.74, 6) is -0.861. The molecule has 0 saturated carbocycles. The zero-order valence-corrected chi connectivity index (χ0v) is 5.99. The van der Waals surface area contributed by atoms with Gasteiger partial charge in [0.15, 0.2) is 0 Å². The molecule has 0 aliphatic carbocycles. The molecule has 2 fully saturated rings. The molecule has 0 radical (unpaired) electrons. The van der Waals surface area contributed by atoms with Gasteiger partial charge in [-0.25, -0.2) is 4.79 Å². The van der Waals surface area contributed by atoms with Gasteiger partial charge in [0, 0.05) is 12.5 Å². The Morgan fingerprint density at radius 3 is 2.73 bits per heavy atom. The monoisotopic (exact) mass is 155 g/mol. The lowest BCUT2D eigenvalue weighted by atomic mass is 10.0. The third-order valence-electron chi connectivity index (χ3n) is 2.49. The minimum Gasteiger partial charge on any atom is -0.480 e. The molecule has 0 bridgehead atoms. The summed E-state index contributed by atoms with van der Waals surface area (Å²) < 4.78 is 0. The van der Waals surface area contributed by atoms with E-state index in [1.54, 1.807) is 0 Å². The topological polar surface area (TPSA) is 57.6 Å². The number of carbonyl (C=O) groups is 2. The molecule has 0 spiro atoms. The van der Waals surface area contributed by atoms with E-state index in [0.29, 0.717) is 12.8 Å². The molecule has 0 aromatic carbocycles. The molecule has 0 unspecified atom stereocenters. The number of carboxylic acids is 1. The molecule has 4 nitrogen and oxygen atoms in total. The lowest BCUT2D eigenvalue weighted by Crippen LogP contribution is -2.54. The highest BCUT2D eigenvalue weighted by atomic mass is 16.4. The van der Waals surface area contributed by atoms with Crippen LogP contribution in [0.1, 0.15) is 19.3 Å². The van der Waals surface area contributed by atoms with Crippen LogP contribution in [-0.2, 0) is 9.59 Å². The zero-order valence-electron chi connectivity index (χ0n) is 5.99. The smallest absolute Gasteiger partial charge is 0.326 e. The fraction of sp³-hybridized carbons (Fsp3) is 0.714. The highest BCUT2D eigenvalue weighted by Crippen LogP contribution is 2.34. The summed E-state index contributed by atoms with van der Waals surface area (Å²) in [5.41, 5.74) is 0.